The zero-order valence-electron chi connectivity index (χ0n) is 16.9. The van der Waals surface area contributed by atoms with Crippen LogP contribution in [0.25, 0.3) is 0 Å². The number of nitrogens with zero attached hydrogens (tertiary/aromatic N) is 3. The van der Waals surface area contributed by atoms with E-state index in [0.29, 0.717) is 30.2 Å². The Kier molecular flexibility index (Phi) is 6.41. The summed E-state index contributed by atoms with van der Waals surface area (Å²) < 4.78 is 29.3. The fourth-order valence-electron chi connectivity index (χ4n) is 3.60. The van der Waals surface area contributed by atoms with E-state index in [9.17, 15) is 13.2 Å². The van der Waals surface area contributed by atoms with Gasteiger partial charge in [-0.25, -0.2) is 8.42 Å². The molecule has 0 spiro atoms. The monoisotopic (exact) mass is 458 g/mol. The van der Waals surface area contributed by atoms with E-state index >= 15 is 0 Å². The first kappa shape index (κ1) is 21.5. The fraction of sp³-hybridized carbons (Fsp3) is 0.273. The summed E-state index contributed by atoms with van der Waals surface area (Å²) in [7, 11) is -3.68. The second kappa shape index (κ2) is 9.21. The first-order valence-electron chi connectivity index (χ1n) is 10.1. The van der Waals surface area contributed by atoms with E-state index in [0.717, 1.165) is 24.8 Å². The van der Waals surface area contributed by atoms with E-state index in [2.05, 4.69) is 10.4 Å². The van der Waals surface area contributed by atoms with Gasteiger partial charge >= 0.3 is 0 Å². The minimum Gasteiger partial charge on any atom is -0.321 e. The summed E-state index contributed by atoms with van der Waals surface area (Å²) in [5.41, 5.74) is 1.48. The van der Waals surface area contributed by atoms with Gasteiger partial charge in [-0.15, -0.1) is 0 Å². The molecule has 0 unspecified atom stereocenters. The number of hydrogen-bond donors (Lipinski definition) is 1. The van der Waals surface area contributed by atoms with Crippen molar-refractivity contribution in [3.63, 3.8) is 0 Å². The van der Waals surface area contributed by atoms with Gasteiger partial charge in [-0.1, -0.05) is 48.4 Å². The maximum Gasteiger partial charge on any atom is 0.258 e. The van der Waals surface area contributed by atoms with Gasteiger partial charge in [0.2, 0.25) is 10.0 Å². The van der Waals surface area contributed by atoms with Crippen LogP contribution in [0.15, 0.2) is 65.8 Å². The molecule has 1 amide bonds. The van der Waals surface area contributed by atoms with Gasteiger partial charge in [-0.05, 0) is 36.6 Å². The van der Waals surface area contributed by atoms with Gasteiger partial charge in [0.05, 0.1) is 24.0 Å². The van der Waals surface area contributed by atoms with Crippen LogP contribution in [0.2, 0.25) is 5.02 Å². The van der Waals surface area contributed by atoms with Crippen molar-refractivity contribution in [2.24, 2.45) is 0 Å². The fourth-order valence-corrected chi connectivity index (χ4v) is 5.46. The zero-order chi connectivity index (χ0) is 21.8. The minimum atomic E-state index is -3.68. The lowest BCUT2D eigenvalue weighted by molar-refractivity contribution is 0.102. The van der Waals surface area contributed by atoms with Crippen LogP contribution in [0.1, 0.15) is 35.2 Å². The molecule has 2 heterocycles. The average molecular weight is 459 g/mol. The van der Waals surface area contributed by atoms with Crippen molar-refractivity contribution in [2.75, 3.05) is 18.4 Å². The molecule has 1 aliphatic heterocycles. The molecule has 0 saturated carbocycles. The van der Waals surface area contributed by atoms with Crippen LogP contribution in [-0.2, 0) is 16.6 Å². The van der Waals surface area contributed by atoms with E-state index in [4.69, 9.17) is 11.6 Å². The molecule has 1 fully saturated rings. The second-order valence-corrected chi connectivity index (χ2v) is 9.75. The van der Waals surface area contributed by atoms with Crippen molar-refractivity contribution in [1.82, 2.24) is 14.1 Å². The Morgan fingerprint density at radius 1 is 1.03 bits per heavy atom. The maximum absolute atomic E-state index is 13.1. The third kappa shape index (κ3) is 4.81. The standard InChI is InChI=1S/C22H23ClN4O3S/c23-19-9-3-2-8-17(19)15-26-16-18(14-24-26)22(28)25-20-10-4-5-11-21(20)31(29,30)27-12-6-1-7-13-27/h2-5,8-11,14,16H,1,6-7,12-13,15H2,(H,25,28). The Morgan fingerprint density at radius 3 is 2.52 bits per heavy atom. The smallest absolute Gasteiger partial charge is 0.258 e. The quantitative estimate of drug-likeness (QED) is 0.604. The number of amides is 1. The molecule has 7 nitrogen and oxygen atoms in total. The number of aromatic nitrogens is 2. The van der Waals surface area contributed by atoms with Gasteiger partial charge in [-0.3, -0.25) is 9.48 Å². The Labute approximate surface area is 186 Å². The Hall–Kier alpha value is -2.68. The molecule has 1 aliphatic rings. The molecule has 1 N–H and O–H groups in total. The number of para-hydroxylation sites is 1. The number of carbonyl (C=O) groups is 1. The lowest BCUT2D eigenvalue weighted by atomic mass is 10.2. The summed E-state index contributed by atoms with van der Waals surface area (Å²) in [6.45, 7) is 1.42. The highest BCUT2D eigenvalue weighted by atomic mass is 35.5. The number of hydrogen-bond acceptors (Lipinski definition) is 4. The van der Waals surface area contributed by atoms with Crippen LogP contribution >= 0.6 is 11.6 Å². The van der Waals surface area contributed by atoms with Crippen LogP contribution in [0.3, 0.4) is 0 Å². The predicted octanol–water partition coefficient (Wildman–Crippen LogP) is 4.01. The summed E-state index contributed by atoms with van der Waals surface area (Å²) in [6.07, 6.45) is 5.79. The largest absolute Gasteiger partial charge is 0.321 e. The summed E-state index contributed by atoms with van der Waals surface area (Å²) in [6, 6.07) is 13.9. The molecule has 0 atom stereocenters. The molecule has 0 aliphatic carbocycles. The molecule has 0 radical (unpaired) electrons. The van der Waals surface area contributed by atoms with Crippen LogP contribution < -0.4 is 5.32 Å². The molecule has 4 rings (SSSR count). The van der Waals surface area contributed by atoms with Crippen LogP contribution in [0, 0.1) is 0 Å². The average Bonchev–Trinajstić information content (AvgIpc) is 3.25. The van der Waals surface area contributed by atoms with E-state index in [-0.39, 0.29) is 10.6 Å². The molecule has 1 saturated heterocycles. The summed E-state index contributed by atoms with van der Waals surface area (Å²) >= 11 is 6.19. The lowest BCUT2D eigenvalue weighted by Crippen LogP contribution is -2.36. The zero-order valence-corrected chi connectivity index (χ0v) is 18.4. The third-order valence-electron chi connectivity index (χ3n) is 5.25. The highest BCUT2D eigenvalue weighted by molar-refractivity contribution is 7.89. The number of halogens is 1. The van der Waals surface area contributed by atoms with Crippen LogP contribution in [0.5, 0.6) is 0 Å². The molecular weight excluding hydrogens is 436 g/mol. The molecule has 9 heteroatoms. The number of piperidine rings is 1. The number of nitrogens with one attached hydrogen (secondary N) is 1. The van der Waals surface area contributed by atoms with Crippen molar-refractivity contribution >= 4 is 33.2 Å². The van der Waals surface area contributed by atoms with Crippen molar-refractivity contribution in [3.8, 4) is 0 Å². The molecular formula is C22H23ClN4O3S. The Balaban J connectivity index is 1.52. The summed E-state index contributed by atoms with van der Waals surface area (Å²) in [4.78, 5) is 12.9. The molecule has 0 bridgehead atoms. The minimum absolute atomic E-state index is 0.105. The molecule has 1 aromatic heterocycles. The Bertz CT molecular complexity index is 1190. The van der Waals surface area contributed by atoms with Crippen LogP contribution in [-0.4, -0.2) is 41.5 Å². The second-order valence-electron chi connectivity index (χ2n) is 7.43. The van der Waals surface area contributed by atoms with E-state index in [1.807, 2.05) is 18.2 Å². The van der Waals surface area contributed by atoms with Gasteiger partial charge < -0.3 is 5.32 Å². The summed E-state index contributed by atoms with van der Waals surface area (Å²) in [5, 5.41) is 7.59. The number of benzene rings is 2. The number of carbonyl (C=O) groups excluding carboxylic acids is 1. The summed E-state index contributed by atoms with van der Waals surface area (Å²) in [5.74, 6) is -0.424. The SMILES string of the molecule is O=C(Nc1ccccc1S(=O)(=O)N1CCCCC1)c1cnn(Cc2ccccc2Cl)c1. The Morgan fingerprint density at radius 2 is 1.74 bits per heavy atom. The van der Waals surface area contributed by atoms with Gasteiger partial charge in [0, 0.05) is 24.3 Å². The first-order valence-corrected chi connectivity index (χ1v) is 11.9. The third-order valence-corrected chi connectivity index (χ3v) is 7.58. The van der Waals surface area contributed by atoms with Crippen molar-refractivity contribution in [1.29, 1.82) is 0 Å². The van der Waals surface area contributed by atoms with Crippen molar-refractivity contribution in [3.05, 3.63) is 77.1 Å². The maximum atomic E-state index is 13.1. The highest BCUT2D eigenvalue weighted by Gasteiger charge is 2.28. The molecule has 2 aromatic carbocycles. The highest BCUT2D eigenvalue weighted by Crippen LogP contribution is 2.27. The first-order chi connectivity index (χ1) is 14.9. The molecule has 162 valence electrons. The van der Waals surface area contributed by atoms with E-state index < -0.39 is 15.9 Å². The van der Waals surface area contributed by atoms with E-state index in [1.165, 1.54) is 16.6 Å². The lowest BCUT2D eigenvalue weighted by Gasteiger charge is -2.26. The number of rotatable bonds is 6. The van der Waals surface area contributed by atoms with Gasteiger partial charge in [-0.2, -0.15) is 9.40 Å². The van der Waals surface area contributed by atoms with Gasteiger partial charge in [0.15, 0.2) is 0 Å². The van der Waals surface area contributed by atoms with Crippen molar-refractivity contribution in [2.45, 2.75) is 30.7 Å². The predicted molar refractivity (Wildman–Crippen MR) is 120 cm³/mol. The van der Waals surface area contributed by atoms with Gasteiger partial charge in [0.1, 0.15) is 4.90 Å². The van der Waals surface area contributed by atoms with E-state index in [1.54, 1.807) is 35.1 Å². The molecule has 3 aromatic rings. The van der Waals surface area contributed by atoms with Crippen LogP contribution in [0.4, 0.5) is 5.69 Å². The topological polar surface area (TPSA) is 84.3 Å². The number of anilines is 1. The normalized spacial score (nSPS) is 15.0. The molecule has 31 heavy (non-hydrogen) atoms. The van der Waals surface area contributed by atoms with Gasteiger partial charge in [0.25, 0.3) is 5.91 Å². The number of sulfonamides is 1. The van der Waals surface area contributed by atoms with Crippen molar-refractivity contribution < 1.29 is 13.2 Å².